The molecule has 0 spiro atoms. The zero-order valence-electron chi connectivity index (χ0n) is 12.7. The quantitative estimate of drug-likeness (QED) is 0.788. The topological polar surface area (TPSA) is 44.5 Å². The lowest BCUT2D eigenvalue weighted by molar-refractivity contribution is 0.0190. The summed E-state index contributed by atoms with van der Waals surface area (Å²) < 4.78 is 11.6. The molecule has 1 aliphatic carbocycles. The van der Waals surface area contributed by atoms with Crippen LogP contribution in [0, 0.1) is 5.92 Å². The SMILES string of the molecule is CCC(N)C(OCCC1CCC1)c1ccccc1OC. The largest absolute Gasteiger partial charge is 0.496 e. The highest BCUT2D eigenvalue weighted by atomic mass is 16.5. The van der Waals surface area contributed by atoms with Gasteiger partial charge in [0.15, 0.2) is 0 Å². The van der Waals surface area contributed by atoms with Crippen LogP contribution < -0.4 is 10.5 Å². The summed E-state index contributed by atoms with van der Waals surface area (Å²) in [5.74, 6) is 1.73. The lowest BCUT2D eigenvalue weighted by Crippen LogP contribution is -2.30. The van der Waals surface area contributed by atoms with Crippen molar-refractivity contribution in [2.24, 2.45) is 11.7 Å². The lowest BCUT2D eigenvalue weighted by Gasteiger charge is -2.29. The summed E-state index contributed by atoms with van der Waals surface area (Å²) in [4.78, 5) is 0. The molecule has 1 aliphatic rings. The Morgan fingerprint density at radius 1 is 1.30 bits per heavy atom. The molecule has 0 aromatic heterocycles. The Labute approximate surface area is 122 Å². The van der Waals surface area contributed by atoms with E-state index in [0.717, 1.165) is 36.7 Å². The van der Waals surface area contributed by atoms with Gasteiger partial charge in [-0.1, -0.05) is 44.4 Å². The molecule has 0 saturated heterocycles. The Kier molecular flexibility index (Phi) is 5.86. The summed E-state index contributed by atoms with van der Waals surface area (Å²) in [6.45, 7) is 2.89. The zero-order chi connectivity index (χ0) is 14.4. The maximum Gasteiger partial charge on any atom is 0.124 e. The van der Waals surface area contributed by atoms with Gasteiger partial charge < -0.3 is 15.2 Å². The second-order valence-corrected chi connectivity index (χ2v) is 5.69. The third kappa shape index (κ3) is 3.74. The zero-order valence-corrected chi connectivity index (χ0v) is 12.7. The van der Waals surface area contributed by atoms with Gasteiger partial charge in [0, 0.05) is 18.2 Å². The van der Waals surface area contributed by atoms with Crippen LogP contribution in [-0.4, -0.2) is 19.8 Å². The van der Waals surface area contributed by atoms with Crippen LogP contribution in [0.4, 0.5) is 0 Å². The van der Waals surface area contributed by atoms with Gasteiger partial charge >= 0.3 is 0 Å². The first-order valence-corrected chi connectivity index (χ1v) is 7.76. The molecule has 0 bridgehead atoms. The van der Waals surface area contributed by atoms with Crippen molar-refractivity contribution >= 4 is 0 Å². The highest BCUT2D eigenvalue weighted by Gasteiger charge is 2.24. The van der Waals surface area contributed by atoms with Gasteiger partial charge in [0.2, 0.25) is 0 Å². The van der Waals surface area contributed by atoms with Crippen molar-refractivity contribution in [3.63, 3.8) is 0 Å². The summed E-state index contributed by atoms with van der Waals surface area (Å²) in [6, 6.07) is 8.03. The smallest absolute Gasteiger partial charge is 0.124 e. The van der Waals surface area contributed by atoms with Crippen molar-refractivity contribution in [1.82, 2.24) is 0 Å². The maximum atomic E-state index is 6.26. The molecule has 3 nitrogen and oxygen atoms in total. The molecule has 0 aliphatic heterocycles. The molecule has 1 aromatic carbocycles. The van der Waals surface area contributed by atoms with E-state index in [1.165, 1.54) is 19.3 Å². The Morgan fingerprint density at radius 2 is 2.05 bits per heavy atom. The first-order valence-electron chi connectivity index (χ1n) is 7.76. The first kappa shape index (κ1) is 15.3. The molecular weight excluding hydrogens is 250 g/mol. The van der Waals surface area contributed by atoms with Gasteiger partial charge in [0.25, 0.3) is 0 Å². The van der Waals surface area contributed by atoms with Crippen LogP contribution in [0.5, 0.6) is 5.75 Å². The van der Waals surface area contributed by atoms with E-state index in [1.807, 2.05) is 18.2 Å². The normalized spacial score (nSPS) is 18.4. The molecule has 2 unspecified atom stereocenters. The minimum absolute atomic E-state index is 0.00712. The van der Waals surface area contributed by atoms with Gasteiger partial charge in [-0.3, -0.25) is 0 Å². The van der Waals surface area contributed by atoms with Gasteiger partial charge in [-0.2, -0.15) is 0 Å². The highest BCUT2D eigenvalue weighted by Crippen LogP contribution is 2.33. The Balaban J connectivity index is 2.01. The van der Waals surface area contributed by atoms with Crippen molar-refractivity contribution in [3.05, 3.63) is 29.8 Å². The molecule has 0 amide bonds. The van der Waals surface area contributed by atoms with Crippen LogP contribution in [0.15, 0.2) is 24.3 Å². The average Bonchev–Trinajstić information content (AvgIpc) is 2.45. The second kappa shape index (κ2) is 7.65. The third-order valence-corrected chi connectivity index (χ3v) is 4.35. The summed E-state index contributed by atoms with van der Waals surface area (Å²) >= 11 is 0. The van der Waals surface area contributed by atoms with Crippen LogP contribution in [-0.2, 0) is 4.74 Å². The lowest BCUT2D eigenvalue weighted by atomic mass is 9.83. The minimum Gasteiger partial charge on any atom is -0.496 e. The van der Waals surface area contributed by atoms with Crippen molar-refractivity contribution in [3.8, 4) is 5.75 Å². The monoisotopic (exact) mass is 277 g/mol. The summed E-state index contributed by atoms with van der Waals surface area (Å²) in [5.41, 5.74) is 7.32. The number of ether oxygens (including phenoxy) is 2. The van der Waals surface area contributed by atoms with Crippen molar-refractivity contribution < 1.29 is 9.47 Å². The predicted octanol–water partition coefficient (Wildman–Crippen LogP) is 3.68. The summed E-state index contributed by atoms with van der Waals surface area (Å²) in [7, 11) is 1.70. The van der Waals surface area contributed by atoms with Crippen molar-refractivity contribution in [1.29, 1.82) is 0 Å². The number of nitrogens with two attached hydrogens (primary N) is 1. The first-order chi connectivity index (χ1) is 9.76. The molecule has 0 heterocycles. The fraction of sp³-hybridized carbons (Fsp3) is 0.647. The molecule has 1 saturated carbocycles. The number of rotatable bonds is 8. The number of benzene rings is 1. The van der Waals surface area contributed by atoms with E-state index in [1.54, 1.807) is 7.11 Å². The van der Waals surface area contributed by atoms with Crippen LogP contribution >= 0.6 is 0 Å². The van der Waals surface area contributed by atoms with E-state index in [4.69, 9.17) is 15.2 Å². The van der Waals surface area contributed by atoms with E-state index >= 15 is 0 Å². The highest BCUT2D eigenvalue weighted by molar-refractivity contribution is 5.35. The number of hydrogen-bond acceptors (Lipinski definition) is 3. The van der Waals surface area contributed by atoms with Crippen LogP contribution in [0.2, 0.25) is 0 Å². The standard InChI is InChI=1S/C17H27NO2/c1-3-15(18)17(20-12-11-13-7-6-8-13)14-9-4-5-10-16(14)19-2/h4-5,9-10,13,15,17H,3,6-8,11-12,18H2,1-2H3. The number of para-hydroxylation sites is 1. The molecule has 1 aromatic rings. The molecule has 1 fully saturated rings. The molecule has 20 heavy (non-hydrogen) atoms. The molecule has 3 heteroatoms. The predicted molar refractivity (Wildman–Crippen MR) is 81.9 cm³/mol. The Morgan fingerprint density at radius 3 is 2.65 bits per heavy atom. The fourth-order valence-corrected chi connectivity index (χ4v) is 2.70. The maximum absolute atomic E-state index is 6.26. The van der Waals surface area contributed by atoms with E-state index in [0.29, 0.717) is 0 Å². The molecule has 112 valence electrons. The van der Waals surface area contributed by atoms with Gasteiger partial charge in [-0.05, 0) is 24.8 Å². The minimum atomic E-state index is -0.0729. The Bertz CT molecular complexity index is 404. The van der Waals surface area contributed by atoms with Crippen LogP contribution in [0.25, 0.3) is 0 Å². The summed E-state index contributed by atoms with van der Waals surface area (Å²) in [6.07, 6.45) is 6.09. The third-order valence-electron chi connectivity index (χ3n) is 4.35. The van der Waals surface area contributed by atoms with Gasteiger partial charge in [-0.15, -0.1) is 0 Å². The summed E-state index contributed by atoms with van der Waals surface area (Å²) in [5, 5.41) is 0. The van der Waals surface area contributed by atoms with Crippen LogP contribution in [0.3, 0.4) is 0 Å². The number of hydrogen-bond donors (Lipinski definition) is 1. The molecule has 2 N–H and O–H groups in total. The van der Waals surface area contributed by atoms with E-state index in [-0.39, 0.29) is 12.1 Å². The van der Waals surface area contributed by atoms with Crippen molar-refractivity contribution in [2.75, 3.05) is 13.7 Å². The van der Waals surface area contributed by atoms with E-state index in [9.17, 15) is 0 Å². The number of methoxy groups -OCH3 is 1. The van der Waals surface area contributed by atoms with Crippen molar-refractivity contribution in [2.45, 2.75) is 51.2 Å². The van der Waals surface area contributed by atoms with E-state index < -0.39 is 0 Å². The average molecular weight is 277 g/mol. The molecule has 2 rings (SSSR count). The van der Waals surface area contributed by atoms with E-state index in [2.05, 4.69) is 13.0 Å². The molecular formula is C17H27NO2. The Hall–Kier alpha value is -1.06. The fourth-order valence-electron chi connectivity index (χ4n) is 2.70. The molecule has 0 radical (unpaired) electrons. The van der Waals surface area contributed by atoms with Crippen LogP contribution in [0.1, 0.15) is 50.7 Å². The van der Waals surface area contributed by atoms with Gasteiger partial charge in [0.05, 0.1) is 7.11 Å². The second-order valence-electron chi connectivity index (χ2n) is 5.69. The van der Waals surface area contributed by atoms with Gasteiger partial charge in [-0.25, -0.2) is 0 Å². The van der Waals surface area contributed by atoms with Gasteiger partial charge in [0.1, 0.15) is 11.9 Å². The molecule has 2 atom stereocenters.